The van der Waals surface area contributed by atoms with E-state index in [0.717, 1.165) is 36.4 Å². The molecule has 1 aromatic carbocycles. The molecule has 1 atom stereocenters. The Hall–Kier alpha value is -0.000000000000000111. The number of morpholine rings is 1. The van der Waals surface area contributed by atoms with Crippen molar-refractivity contribution in [3.63, 3.8) is 0 Å². The molecule has 2 rings (SSSR count). The summed E-state index contributed by atoms with van der Waals surface area (Å²) in [5.41, 5.74) is 0.838. The van der Waals surface area contributed by atoms with Gasteiger partial charge in [0.25, 0.3) is 0 Å². The van der Waals surface area contributed by atoms with Crippen LogP contribution in [0.25, 0.3) is 0 Å². The van der Waals surface area contributed by atoms with Crippen LogP contribution in [0.1, 0.15) is 13.8 Å². The average Bonchev–Trinajstić information content (AvgIpc) is 2.44. The van der Waals surface area contributed by atoms with E-state index < -0.39 is 0 Å². The predicted molar refractivity (Wildman–Crippen MR) is 89.1 cm³/mol. The quantitative estimate of drug-likeness (QED) is 0.788. The molecule has 1 aromatic rings. The maximum atomic E-state index is 6.22. The van der Waals surface area contributed by atoms with Gasteiger partial charge in [-0.05, 0) is 41.9 Å². The Labute approximate surface area is 138 Å². The molecule has 3 nitrogen and oxygen atoms in total. The zero-order valence-corrected chi connectivity index (χ0v) is 14.7. The van der Waals surface area contributed by atoms with E-state index in [4.69, 9.17) is 27.9 Å². The Balaban J connectivity index is 1.94. The minimum Gasteiger partial charge on any atom is -0.381 e. The van der Waals surface area contributed by atoms with E-state index in [0.29, 0.717) is 16.1 Å². The molecule has 1 saturated heterocycles. The molecular formula is C14H19BrCl2N2O. The first kappa shape index (κ1) is 16.4. The number of anilines is 1. The van der Waals surface area contributed by atoms with Crippen molar-refractivity contribution in [1.82, 2.24) is 4.90 Å². The van der Waals surface area contributed by atoms with Crippen LogP contribution >= 0.6 is 39.1 Å². The van der Waals surface area contributed by atoms with Gasteiger partial charge in [0.2, 0.25) is 0 Å². The Morgan fingerprint density at radius 3 is 2.85 bits per heavy atom. The fourth-order valence-corrected chi connectivity index (χ4v) is 3.06. The van der Waals surface area contributed by atoms with E-state index in [1.807, 2.05) is 12.1 Å². The molecule has 1 unspecified atom stereocenters. The lowest BCUT2D eigenvalue weighted by molar-refractivity contribution is -0.0315. The normalized spacial score (nSPS) is 20.4. The van der Waals surface area contributed by atoms with Crippen LogP contribution in [-0.2, 0) is 4.74 Å². The largest absolute Gasteiger partial charge is 0.381 e. The van der Waals surface area contributed by atoms with Crippen LogP contribution in [-0.4, -0.2) is 43.3 Å². The topological polar surface area (TPSA) is 24.5 Å². The van der Waals surface area contributed by atoms with Gasteiger partial charge in [0.1, 0.15) is 0 Å². The summed E-state index contributed by atoms with van der Waals surface area (Å²) in [6.07, 6.45) is 0.171. The molecule has 112 valence electrons. The lowest BCUT2D eigenvalue weighted by atomic mass is 10.2. The van der Waals surface area contributed by atoms with Gasteiger partial charge in [-0.2, -0.15) is 0 Å². The number of benzene rings is 1. The second-order valence-electron chi connectivity index (χ2n) is 5.19. The summed E-state index contributed by atoms with van der Waals surface area (Å²) in [7, 11) is 0. The van der Waals surface area contributed by atoms with Gasteiger partial charge in [0.05, 0.1) is 28.4 Å². The molecule has 1 N–H and O–H groups in total. The van der Waals surface area contributed by atoms with Crippen molar-refractivity contribution in [3.05, 3.63) is 26.7 Å². The van der Waals surface area contributed by atoms with Gasteiger partial charge < -0.3 is 10.1 Å². The monoisotopic (exact) mass is 380 g/mol. The second-order valence-corrected chi connectivity index (χ2v) is 6.80. The van der Waals surface area contributed by atoms with Crippen LogP contribution < -0.4 is 5.32 Å². The highest BCUT2D eigenvalue weighted by Crippen LogP contribution is 2.35. The van der Waals surface area contributed by atoms with E-state index in [1.54, 1.807) is 0 Å². The maximum Gasteiger partial charge on any atom is 0.0874 e. The summed E-state index contributed by atoms with van der Waals surface area (Å²) in [5, 5.41) is 4.39. The smallest absolute Gasteiger partial charge is 0.0874 e. The van der Waals surface area contributed by atoms with E-state index >= 15 is 0 Å². The van der Waals surface area contributed by atoms with Crippen LogP contribution in [0.3, 0.4) is 0 Å². The summed E-state index contributed by atoms with van der Waals surface area (Å²) < 4.78 is 6.58. The number of hydrogen-bond acceptors (Lipinski definition) is 3. The average molecular weight is 382 g/mol. The minimum atomic E-state index is 0.171. The van der Waals surface area contributed by atoms with Gasteiger partial charge in [-0.25, -0.2) is 0 Å². The first-order chi connectivity index (χ1) is 9.49. The number of ether oxygens (including phenoxy) is 1. The standard InChI is InChI=1S/C14H19BrCl2N2O/c1-9(2)19-5-6-20-10(8-19)7-18-12-4-3-11(15)13(16)14(12)17/h3-4,9-10,18H,5-8H2,1-2H3. The zero-order chi connectivity index (χ0) is 14.7. The fourth-order valence-electron chi connectivity index (χ4n) is 2.22. The van der Waals surface area contributed by atoms with Crippen LogP contribution in [0.15, 0.2) is 16.6 Å². The molecule has 0 saturated carbocycles. The molecule has 0 aromatic heterocycles. The predicted octanol–water partition coefficient (Wildman–Crippen LogP) is 4.28. The molecule has 0 bridgehead atoms. The highest BCUT2D eigenvalue weighted by atomic mass is 79.9. The van der Waals surface area contributed by atoms with E-state index in [2.05, 4.69) is 40.0 Å². The van der Waals surface area contributed by atoms with Crippen molar-refractivity contribution in [1.29, 1.82) is 0 Å². The van der Waals surface area contributed by atoms with Crippen molar-refractivity contribution >= 4 is 44.8 Å². The molecule has 1 aliphatic rings. The molecule has 1 fully saturated rings. The maximum absolute atomic E-state index is 6.22. The summed E-state index contributed by atoms with van der Waals surface area (Å²) in [4.78, 5) is 2.42. The fraction of sp³-hybridized carbons (Fsp3) is 0.571. The Bertz CT molecular complexity index is 471. The van der Waals surface area contributed by atoms with Crippen LogP contribution in [0, 0.1) is 0 Å². The van der Waals surface area contributed by atoms with Crippen molar-refractivity contribution in [2.24, 2.45) is 0 Å². The summed E-state index contributed by atoms with van der Waals surface area (Å²) in [6.45, 7) is 7.86. The highest BCUT2D eigenvalue weighted by molar-refractivity contribution is 9.10. The lowest BCUT2D eigenvalue weighted by Gasteiger charge is -2.35. The van der Waals surface area contributed by atoms with Gasteiger partial charge >= 0.3 is 0 Å². The summed E-state index contributed by atoms with van der Waals surface area (Å²) in [6, 6.07) is 4.35. The first-order valence-electron chi connectivity index (χ1n) is 6.72. The summed E-state index contributed by atoms with van der Waals surface area (Å²) in [5.74, 6) is 0. The van der Waals surface area contributed by atoms with Gasteiger partial charge in [-0.3, -0.25) is 4.90 Å². The first-order valence-corrected chi connectivity index (χ1v) is 8.27. The SMILES string of the molecule is CC(C)N1CCOC(CNc2ccc(Br)c(Cl)c2Cl)C1. The van der Waals surface area contributed by atoms with E-state index in [-0.39, 0.29) is 6.10 Å². The number of nitrogens with zero attached hydrogens (tertiary/aromatic N) is 1. The molecule has 1 heterocycles. The minimum absolute atomic E-state index is 0.171. The second kappa shape index (κ2) is 7.32. The Kier molecular flexibility index (Phi) is 5.99. The number of nitrogens with one attached hydrogen (secondary N) is 1. The van der Waals surface area contributed by atoms with Crippen molar-refractivity contribution in [2.45, 2.75) is 26.0 Å². The molecular weight excluding hydrogens is 363 g/mol. The Morgan fingerprint density at radius 2 is 2.15 bits per heavy atom. The molecule has 6 heteroatoms. The van der Waals surface area contributed by atoms with Gasteiger partial charge in [-0.15, -0.1) is 0 Å². The summed E-state index contributed by atoms with van der Waals surface area (Å²) >= 11 is 15.7. The number of hydrogen-bond donors (Lipinski definition) is 1. The van der Waals surface area contributed by atoms with Crippen molar-refractivity contribution in [3.8, 4) is 0 Å². The Morgan fingerprint density at radius 1 is 1.40 bits per heavy atom. The molecule has 0 amide bonds. The highest BCUT2D eigenvalue weighted by Gasteiger charge is 2.22. The number of halogens is 3. The van der Waals surface area contributed by atoms with Crippen LogP contribution in [0.2, 0.25) is 10.0 Å². The molecule has 0 radical (unpaired) electrons. The van der Waals surface area contributed by atoms with Crippen LogP contribution in [0.5, 0.6) is 0 Å². The third-order valence-corrected chi connectivity index (χ3v) is 5.23. The van der Waals surface area contributed by atoms with Crippen LogP contribution in [0.4, 0.5) is 5.69 Å². The third-order valence-electron chi connectivity index (χ3n) is 3.46. The molecule has 0 spiro atoms. The molecule has 0 aliphatic carbocycles. The molecule has 20 heavy (non-hydrogen) atoms. The van der Waals surface area contributed by atoms with E-state index in [1.165, 1.54) is 0 Å². The van der Waals surface area contributed by atoms with Crippen molar-refractivity contribution in [2.75, 3.05) is 31.6 Å². The van der Waals surface area contributed by atoms with Gasteiger partial charge in [-0.1, -0.05) is 23.2 Å². The lowest BCUT2D eigenvalue weighted by Crippen LogP contribution is -2.48. The van der Waals surface area contributed by atoms with E-state index in [9.17, 15) is 0 Å². The third kappa shape index (κ3) is 4.01. The number of rotatable bonds is 4. The molecule has 1 aliphatic heterocycles. The zero-order valence-electron chi connectivity index (χ0n) is 11.6. The van der Waals surface area contributed by atoms with Crippen molar-refractivity contribution < 1.29 is 4.74 Å². The van der Waals surface area contributed by atoms with Gasteiger partial charge in [0, 0.05) is 30.1 Å². The van der Waals surface area contributed by atoms with Gasteiger partial charge in [0.15, 0.2) is 0 Å².